The molecule has 0 radical (unpaired) electrons. The van der Waals surface area contributed by atoms with Gasteiger partial charge >= 0.3 is 0 Å². The van der Waals surface area contributed by atoms with Crippen molar-refractivity contribution < 1.29 is 29.2 Å². The van der Waals surface area contributed by atoms with Crippen LogP contribution in [0.4, 0.5) is 11.4 Å². The fourth-order valence-corrected chi connectivity index (χ4v) is 8.41. The summed E-state index contributed by atoms with van der Waals surface area (Å²) in [7, 11) is 0. The van der Waals surface area contributed by atoms with Gasteiger partial charge in [0.25, 0.3) is 17.5 Å². The summed E-state index contributed by atoms with van der Waals surface area (Å²) in [5, 5.41) is 22.3. The van der Waals surface area contributed by atoms with Crippen LogP contribution in [-0.2, 0) is 19.2 Å². The van der Waals surface area contributed by atoms with E-state index in [9.17, 15) is 34.4 Å². The fraction of sp³-hybridized carbons (Fsp3) is 0.357. The van der Waals surface area contributed by atoms with E-state index in [2.05, 4.69) is 15.9 Å². The molecule has 6 rings (SSSR count). The third-order valence-corrected chi connectivity index (χ3v) is 10.8. The number of fused-ring (bicyclic) bond motifs is 4. The number of aryl methyl sites for hydroxylation is 1. The summed E-state index contributed by atoms with van der Waals surface area (Å²) in [5.41, 5.74) is 1.22. The topological polar surface area (TPSA) is 138 Å². The van der Waals surface area contributed by atoms with Crippen molar-refractivity contribution in [3.05, 3.63) is 75.4 Å². The number of carbonyl (C=O) groups is 4. The van der Waals surface area contributed by atoms with E-state index in [0.717, 1.165) is 9.80 Å². The first-order chi connectivity index (χ1) is 19.4. The molecule has 0 spiro atoms. The molecule has 6 atom stereocenters. The maximum Gasteiger partial charge on any atom is 0.269 e. The molecular weight excluding hydrogens is 641 g/mol. The zero-order valence-corrected chi connectivity index (χ0v) is 24.5. The van der Waals surface area contributed by atoms with Crippen molar-refractivity contribution >= 4 is 74.1 Å². The van der Waals surface area contributed by atoms with Gasteiger partial charge in [0.1, 0.15) is 5.75 Å². The van der Waals surface area contributed by atoms with Crippen LogP contribution in [0, 0.1) is 34.8 Å². The summed E-state index contributed by atoms with van der Waals surface area (Å²) in [4.78, 5) is 63.5. The molecule has 4 amide bonds. The number of phenolic OH excluding ortho intramolecular Hbond substituents is 1. The van der Waals surface area contributed by atoms with Crippen molar-refractivity contribution in [2.24, 2.45) is 17.8 Å². The average molecular weight is 663 g/mol. The Morgan fingerprint density at radius 2 is 1.73 bits per heavy atom. The zero-order valence-electron chi connectivity index (χ0n) is 21.4. The van der Waals surface area contributed by atoms with Gasteiger partial charge in [-0.1, -0.05) is 45.8 Å². The van der Waals surface area contributed by atoms with Gasteiger partial charge in [0.2, 0.25) is 11.8 Å². The number of anilines is 1. The molecule has 41 heavy (non-hydrogen) atoms. The van der Waals surface area contributed by atoms with E-state index >= 15 is 0 Å². The Morgan fingerprint density at radius 3 is 2.37 bits per heavy atom. The highest BCUT2D eigenvalue weighted by Gasteiger charge is 2.76. The minimum atomic E-state index is -2.01. The van der Waals surface area contributed by atoms with Crippen LogP contribution in [0.2, 0.25) is 0 Å². The van der Waals surface area contributed by atoms with E-state index in [1.165, 1.54) is 24.3 Å². The fourth-order valence-electron chi connectivity index (χ4n) is 6.99. The van der Waals surface area contributed by atoms with Crippen molar-refractivity contribution in [3.63, 3.8) is 0 Å². The summed E-state index contributed by atoms with van der Waals surface area (Å²) in [6.07, 6.45) is 1.74. The number of nitro benzene ring substituents is 1. The second-order valence-electron chi connectivity index (χ2n) is 10.8. The van der Waals surface area contributed by atoms with Crippen molar-refractivity contribution in [3.8, 4) is 5.75 Å². The lowest BCUT2D eigenvalue weighted by atomic mass is 9.56. The molecule has 2 aliphatic carbocycles. The number of non-ortho nitro benzene ring substituents is 1. The Balaban J connectivity index is 1.50. The van der Waals surface area contributed by atoms with Gasteiger partial charge in [-0.2, -0.15) is 0 Å². The monoisotopic (exact) mass is 661 g/mol. The normalized spacial score (nSPS) is 32.5. The molecule has 0 bridgehead atoms. The number of allylic oxidation sites excluding steroid dienone is 2. The summed E-state index contributed by atoms with van der Waals surface area (Å²) < 4.78 is 0. The zero-order chi connectivity index (χ0) is 29.6. The Kier molecular flexibility index (Phi) is 6.37. The van der Waals surface area contributed by atoms with Crippen LogP contribution in [0.15, 0.2) is 54.1 Å². The summed E-state index contributed by atoms with van der Waals surface area (Å²) in [6.45, 7) is 1.69. The first kappa shape index (κ1) is 27.9. The number of hydrogen-bond acceptors (Lipinski definition) is 7. The van der Waals surface area contributed by atoms with Crippen LogP contribution in [0.25, 0.3) is 0 Å². The minimum Gasteiger partial charge on any atom is -0.507 e. The number of phenols is 1. The van der Waals surface area contributed by atoms with Crippen molar-refractivity contribution in [1.29, 1.82) is 0 Å². The molecule has 2 aromatic carbocycles. The predicted molar refractivity (Wildman–Crippen MR) is 152 cm³/mol. The number of nitro groups is 1. The Labute approximate surface area is 252 Å². The number of aromatic hydroxyl groups is 1. The van der Waals surface area contributed by atoms with Gasteiger partial charge in [0, 0.05) is 23.6 Å². The van der Waals surface area contributed by atoms with E-state index in [-0.39, 0.29) is 35.4 Å². The Bertz CT molecular complexity index is 1600. The van der Waals surface area contributed by atoms with Gasteiger partial charge in [-0.15, -0.1) is 23.2 Å². The third kappa shape index (κ3) is 3.55. The first-order valence-electron chi connectivity index (χ1n) is 12.8. The number of alkyl halides is 3. The summed E-state index contributed by atoms with van der Waals surface area (Å²) >= 11 is 17.5. The van der Waals surface area contributed by atoms with Crippen molar-refractivity contribution in [2.75, 3.05) is 10.4 Å². The lowest BCUT2D eigenvalue weighted by Gasteiger charge is -2.50. The molecule has 1 N–H and O–H groups in total. The van der Waals surface area contributed by atoms with Gasteiger partial charge in [0.05, 0.1) is 27.9 Å². The van der Waals surface area contributed by atoms with Crippen LogP contribution in [-0.4, -0.2) is 53.8 Å². The molecule has 1 saturated carbocycles. The van der Waals surface area contributed by atoms with E-state index < -0.39 is 62.0 Å². The van der Waals surface area contributed by atoms with Gasteiger partial charge in [0.15, 0.2) is 9.75 Å². The second-order valence-corrected chi connectivity index (χ2v) is 12.5. The molecule has 2 aliphatic heterocycles. The van der Waals surface area contributed by atoms with Gasteiger partial charge < -0.3 is 5.11 Å². The molecule has 0 unspecified atom stereocenters. The van der Waals surface area contributed by atoms with Gasteiger partial charge in [-0.3, -0.25) is 39.1 Å². The average Bonchev–Trinajstić information content (AvgIpc) is 3.28. The Hall–Kier alpha value is -3.28. The predicted octanol–water partition coefficient (Wildman–Crippen LogP) is 4.52. The van der Waals surface area contributed by atoms with Crippen LogP contribution < -0.4 is 4.90 Å². The second kappa shape index (κ2) is 9.37. The number of likely N-dealkylation sites (tertiary alicyclic amines) is 1. The Morgan fingerprint density at radius 1 is 1.05 bits per heavy atom. The molecule has 2 saturated heterocycles. The van der Waals surface area contributed by atoms with Gasteiger partial charge in [-0.05, 0) is 43.4 Å². The van der Waals surface area contributed by atoms with Crippen LogP contribution in [0.1, 0.15) is 29.9 Å². The first-order valence-corrected chi connectivity index (χ1v) is 14.7. The molecule has 212 valence electrons. The number of halogens is 3. The van der Waals surface area contributed by atoms with E-state index in [0.29, 0.717) is 16.7 Å². The summed E-state index contributed by atoms with van der Waals surface area (Å²) in [6, 6.07) is 10.1. The lowest BCUT2D eigenvalue weighted by molar-refractivity contribution is -0.384. The number of hydrogen-bond donors (Lipinski definition) is 1. The van der Waals surface area contributed by atoms with E-state index in [1.807, 2.05) is 0 Å². The molecule has 2 heterocycles. The number of amides is 4. The smallest absolute Gasteiger partial charge is 0.269 e. The quantitative estimate of drug-likeness (QED) is 0.127. The number of nitrogens with zero attached hydrogens (tertiary/aromatic N) is 3. The van der Waals surface area contributed by atoms with E-state index in [1.54, 1.807) is 31.2 Å². The molecule has 3 fully saturated rings. The number of rotatable bonds is 4. The SMILES string of the molecule is Cc1cccc([C@H]2C3=CC[C@@H]4C(=O)N(c5ccc([N+](=O)[O-])cc5)C(=O)[C@@H]4[C@@H]3C[C@@]3(Cl)C(=O)N(CBr)C(=O)[C@@]23Cl)c1O. The highest BCUT2D eigenvalue weighted by molar-refractivity contribution is 9.09. The third-order valence-electron chi connectivity index (χ3n) is 8.91. The molecule has 2 aromatic rings. The van der Waals surface area contributed by atoms with Crippen LogP contribution in [0.3, 0.4) is 0 Å². The van der Waals surface area contributed by atoms with Crippen LogP contribution in [0.5, 0.6) is 5.75 Å². The van der Waals surface area contributed by atoms with Gasteiger partial charge in [-0.25, -0.2) is 0 Å². The maximum absolute atomic E-state index is 14.0. The molecular formula is C28H22BrCl2N3O7. The maximum atomic E-state index is 14.0. The molecule has 10 nitrogen and oxygen atoms in total. The minimum absolute atomic E-state index is 0.112. The summed E-state index contributed by atoms with van der Waals surface area (Å²) in [5.74, 6) is -6.09. The number of benzene rings is 2. The standard InChI is InChI=1S/C28H22BrCl2N3O7/c1-13-3-2-4-18(22(13)35)21-16-9-10-17-20(19(16)11-27(30)25(38)32(12-29)26(39)28(21,27)31)24(37)33(23(17)36)14-5-7-15(8-6-14)34(40)41/h2-9,17,19-21,35H,10-12H2,1H3/t17-,19+,20-,21+,27+,28-/m0/s1. The largest absolute Gasteiger partial charge is 0.507 e. The number of carbonyl (C=O) groups excluding carboxylic acids is 4. The number of para-hydroxylation sites is 1. The van der Waals surface area contributed by atoms with Crippen molar-refractivity contribution in [1.82, 2.24) is 4.90 Å². The van der Waals surface area contributed by atoms with Crippen molar-refractivity contribution in [2.45, 2.75) is 35.4 Å². The molecule has 4 aliphatic rings. The van der Waals surface area contributed by atoms with E-state index in [4.69, 9.17) is 23.2 Å². The molecule has 13 heteroatoms. The highest BCUT2D eigenvalue weighted by atomic mass is 79.9. The lowest BCUT2D eigenvalue weighted by Crippen LogP contribution is -2.60. The highest BCUT2D eigenvalue weighted by Crippen LogP contribution is 2.66. The molecule has 0 aromatic heterocycles. The number of imide groups is 2. The van der Waals surface area contributed by atoms with Crippen LogP contribution >= 0.6 is 39.1 Å².